The predicted molar refractivity (Wildman–Crippen MR) is 119 cm³/mol. The molecule has 0 saturated carbocycles. The van der Waals surface area contributed by atoms with Crippen LogP contribution in [0.2, 0.25) is 0 Å². The fourth-order valence-electron chi connectivity index (χ4n) is 3.81. The molecule has 2 amide bonds. The maximum Gasteiger partial charge on any atom is 0.309 e. The molecule has 0 spiro atoms. The summed E-state index contributed by atoms with van der Waals surface area (Å²) in [4.78, 5) is 24.1. The van der Waals surface area contributed by atoms with Crippen molar-refractivity contribution in [1.82, 2.24) is 14.9 Å². The topological polar surface area (TPSA) is 95.6 Å². The Morgan fingerprint density at radius 1 is 0.879 bits per heavy atom. The maximum absolute atomic E-state index is 13.2. The van der Waals surface area contributed by atoms with E-state index >= 15 is 0 Å². The van der Waals surface area contributed by atoms with Crippen molar-refractivity contribution in [3.63, 3.8) is 0 Å². The molecule has 1 heterocycles. The number of hydrogen-bond donors (Lipinski definition) is 2. The molecule has 2 aromatic rings. The number of nitrogens with zero attached hydrogens (tertiary/aromatic N) is 1. The molecule has 0 bridgehead atoms. The summed E-state index contributed by atoms with van der Waals surface area (Å²) < 4.78 is 53.5. The van der Waals surface area contributed by atoms with Gasteiger partial charge in [-0.15, -0.1) is 0 Å². The van der Waals surface area contributed by atoms with Gasteiger partial charge in [-0.2, -0.15) is 4.31 Å². The van der Waals surface area contributed by atoms with Crippen LogP contribution in [-0.4, -0.2) is 50.2 Å². The van der Waals surface area contributed by atoms with Crippen LogP contribution in [0, 0.1) is 11.6 Å². The highest BCUT2D eigenvalue weighted by molar-refractivity contribution is 7.89. The van der Waals surface area contributed by atoms with Crippen molar-refractivity contribution >= 4 is 21.8 Å². The smallest absolute Gasteiger partial charge is 0.309 e. The summed E-state index contributed by atoms with van der Waals surface area (Å²) in [6.07, 6.45) is 3.03. The van der Waals surface area contributed by atoms with E-state index in [4.69, 9.17) is 0 Å². The Labute approximate surface area is 192 Å². The standard InChI is InChI=1S/C23H27F2N3O4S/c24-18-6-4-17(5-7-18)12-14-26-22(29)23(30)27-15-13-20-3-1-2-16-28(20)33(31,32)21-10-8-19(25)9-11-21/h4-11,20H,1-3,12-16H2,(H,26,29)(H,27,30). The molecular weight excluding hydrogens is 452 g/mol. The summed E-state index contributed by atoms with van der Waals surface area (Å²) in [6, 6.07) is 10.3. The molecule has 0 aromatic heterocycles. The van der Waals surface area contributed by atoms with Crippen LogP contribution in [0.1, 0.15) is 31.2 Å². The molecule has 7 nitrogen and oxygen atoms in total. The molecule has 2 N–H and O–H groups in total. The first kappa shape index (κ1) is 24.8. The molecule has 2 aromatic carbocycles. The summed E-state index contributed by atoms with van der Waals surface area (Å²) in [6.45, 7) is 0.719. The first-order chi connectivity index (χ1) is 15.8. The van der Waals surface area contributed by atoms with Crippen LogP contribution in [-0.2, 0) is 26.0 Å². The van der Waals surface area contributed by atoms with Crippen molar-refractivity contribution in [2.75, 3.05) is 19.6 Å². The SMILES string of the molecule is O=C(NCCc1ccc(F)cc1)C(=O)NCCC1CCCCN1S(=O)(=O)c1ccc(F)cc1. The zero-order valence-electron chi connectivity index (χ0n) is 18.1. The number of benzene rings is 2. The number of amides is 2. The molecule has 1 unspecified atom stereocenters. The Balaban J connectivity index is 1.47. The highest BCUT2D eigenvalue weighted by Crippen LogP contribution is 2.27. The number of piperidine rings is 1. The number of halogens is 2. The molecule has 1 fully saturated rings. The van der Waals surface area contributed by atoms with Gasteiger partial charge in [-0.05, 0) is 67.6 Å². The maximum atomic E-state index is 13.2. The van der Waals surface area contributed by atoms with Gasteiger partial charge >= 0.3 is 11.8 Å². The number of rotatable bonds is 8. The van der Waals surface area contributed by atoms with Crippen molar-refractivity contribution in [1.29, 1.82) is 0 Å². The normalized spacial score (nSPS) is 16.8. The van der Waals surface area contributed by atoms with Gasteiger partial charge in [0.1, 0.15) is 11.6 Å². The third-order valence-corrected chi connectivity index (χ3v) is 7.54. The number of hydrogen-bond acceptors (Lipinski definition) is 4. The highest BCUT2D eigenvalue weighted by atomic mass is 32.2. The fraction of sp³-hybridized carbons (Fsp3) is 0.391. The molecule has 0 radical (unpaired) electrons. The third kappa shape index (κ3) is 6.82. The van der Waals surface area contributed by atoms with Crippen LogP contribution in [0.5, 0.6) is 0 Å². The second kappa shape index (κ2) is 11.3. The quantitative estimate of drug-likeness (QED) is 0.569. The van der Waals surface area contributed by atoms with E-state index in [9.17, 15) is 26.8 Å². The van der Waals surface area contributed by atoms with E-state index in [1.54, 1.807) is 12.1 Å². The first-order valence-electron chi connectivity index (χ1n) is 10.9. The zero-order chi connectivity index (χ0) is 23.8. The molecule has 10 heteroatoms. The lowest BCUT2D eigenvalue weighted by Gasteiger charge is -2.34. The van der Waals surface area contributed by atoms with E-state index in [-0.39, 0.29) is 29.8 Å². The van der Waals surface area contributed by atoms with Gasteiger partial charge in [-0.3, -0.25) is 9.59 Å². The molecule has 178 valence electrons. The van der Waals surface area contributed by atoms with Gasteiger partial charge in [0, 0.05) is 25.7 Å². The average Bonchev–Trinajstić information content (AvgIpc) is 2.80. The summed E-state index contributed by atoms with van der Waals surface area (Å²) >= 11 is 0. The van der Waals surface area contributed by atoms with Crippen LogP contribution in [0.25, 0.3) is 0 Å². The highest BCUT2D eigenvalue weighted by Gasteiger charge is 2.33. The van der Waals surface area contributed by atoms with E-state index in [2.05, 4.69) is 10.6 Å². The molecule has 1 aliphatic heterocycles. The molecule has 1 saturated heterocycles. The van der Waals surface area contributed by atoms with Crippen molar-refractivity contribution in [3.8, 4) is 0 Å². The molecule has 33 heavy (non-hydrogen) atoms. The molecule has 3 rings (SSSR count). The Morgan fingerprint density at radius 2 is 1.45 bits per heavy atom. The van der Waals surface area contributed by atoms with Crippen molar-refractivity contribution in [3.05, 3.63) is 65.7 Å². The number of nitrogens with one attached hydrogen (secondary N) is 2. The van der Waals surface area contributed by atoms with E-state index < -0.39 is 27.7 Å². The molecule has 1 atom stereocenters. The van der Waals surface area contributed by atoms with Gasteiger partial charge in [-0.1, -0.05) is 18.6 Å². The second-order valence-electron chi connectivity index (χ2n) is 7.90. The van der Waals surface area contributed by atoms with E-state index in [0.29, 0.717) is 25.8 Å². The minimum atomic E-state index is -3.78. The largest absolute Gasteiger partial charge is 0.348 e. The third-order valence-electron chi connectivity index (χ3n) is 5.58. The molecular formula is C23H27F2N3O4S. The van der Waals surface area contributed by atoms with Gasteiger partial charge in [0.25, 0.3) is 0 Å². The van der Waals surface area contributed by atoms with Crippen molar-refractivity contribution < 1.29 is 26.8 Å². The Morgan fingerprint density at radius 3 is 2.09 bits per heavy atom. The molecule has 0 aliphatic carbocycles. The Kier molecular flexibility index (Phi) is 8.51. The minimum absolute atomic E-state index is 0.0281. The van der Waals surface area contributed by atoms with Crippen LogP contribution in [0.15, 0.2) is 53.4 Å². The summed E-state index contributed by atoms with van der Waals surface area (Å²) in [5, 5.41) is 5.04. The van der Waals surface area contributed by atoms with Crippen molar-refractivity contribution in [2.24, 2.45) is 0 Å². The fourth-order valence-corrected chi connectivity index (χ4v) is 5.53. The summed E-state index contributed by atoms with van der Waals surface area (Å²) in [5.74, 6) is -2.43. The van der Waals surface area contributed by atoms with E-state index in [1.807, 2.05) is 0 Å². The van der Waals surface area contributed by atoms with Gasteiger partial charge in [-0.25, -0.2) is 17.2 Å². The van der Waals surface area contributed by atoms with Crippen LogP contribution < -0.4 is 10.6 Å². The molecule has 1 aliphatic rings. The Hall–Kier alpha value is -2.85. The Bertz CT molecular complexity index is 1060. The number of carbonyl (C=O) groups excluding carboxylic acids is 2. The van der Waals surface area contributed by atoms with Crippen LogP contribution in [0.4, 0.5) is 8.78 Å². The van der Waals surface area contributed by atoms with Gasteiger partial charge in [0.05, 0.1) is 4.90 Å². The number of sulfonamides is 1. The van der Waals surface area contributed by atoms with Gasteiger partial charge in [0.2, 0.25) is 10.0 Å². The average molecular weight is 480 g/mol. The van der Waals surface area contributed by atoms with Gasteiger partial charge in [0.15, 0.2) is 0 Å². The summed E-state index contributed by atoms with van der Waals surface area (Å²) in [7, 11) is -3.78. The predicted octanol–water partition coefficient (Wildman–Crippen LogP) is 2.37. The van der Waals surface area contributed by atoms with E-state index in [1.165, 1.54) is 28.6 Å². The summed E-state index contributed by atoms with van der Waals surface area (Å²) in [5.41, 5.74) is 0.830. The lowest BCUT2D eigenvalue weighted by Crippen LogP contribution is -2.46. The van der Waals surface area contributed by atoms with Crippen molar-refractivity contribution in [2.45, 2.75) is 43.0 Å². The second-order valence-corrected chi connectivity index (χ2v) is 9.79. The van der Waals surface area contributed by atoms with E-state index in [0.717, 1.165) is 30.5 Å². The van der Waals surface area contributed by atoms with Gasteiger partial charge < -0.3 is 10.6 Å². The lowest BCUT2D eigenvalue weighted by atomic mass is 10.0. The minimum Gasteiger partial charge on any atom is -0.348 e. The van der Waals surface area contributed by atoms with Crippen LogP contribution in [0.3, 0.4) is 0 Å². The lowest BCUT2D eigenvalue weighted by molar-refractivity contribution is -0.139. The van der Waals surface area contributed by atoms with Crippen LogP contribution >= 0.6 is 0 Å². The first-order valence-corrected chi connectivity index (χ1v) is 12.3. The number of carbonyl (C=O) groups is 2. The monoisotopic (exact) mass is 479 g/mol. The zero-order valence-corrected chi connectivity index (χ0v) is 18.9.